The predicted molar refractivity (Wildman–Crippen MR) is 116 cm³/mol. The van der Waals surface area contributed by atoms with E-state index in [1.807, 2.05) is 25.1 Å². The number of fused-ring (bicyclic) bond motifs is 1. The van der Waals surface area contributed by atoms with Gasteiger partial charge in [-0.2, -0.15) is 0 Å². The van der Waals surface area contributed by atoms with Crippen molar-refractivity contribution in [3.8, 4) is 11.5 Å². The molecule has 0 bridgehead atoms. The molecular weight excluding hydrogens is 478 g/mol. The molecule has 7 nitrogen and oxygen atoms in total. The highest BCUT2D eigenvalue weighted by Crippen LogP contribution is 2.32. The summed E-state index contributed by atoms with van der Waals surface area (Å²) in [5, 5.41) is 8.66. The highest BCUT2D eigenvalue weighted by molar-refractivity contribution is 14.0. The Bertz CT molecular complexity index is 848. The van der Waals surface area contributed by atoms with Crippen LogP contribution in [-0.4, -0.2) is 31.7 Å². The van der Waals surface area contributed by atoms with Gasteiger partial charge in [-0.3, -0.25) is 4.79 Å². The van der Waals surface area contributed by atoms with Gasteiger partial charge in [0, 0.05) is 12.2 Å². The number of nitrogens with zero attached hydrogens (tertiary/aromatic N) is 1. The van der Waals surface area contributed by atoms with E-state index in [1.54, 1.807) is 6.07 Å². The molecule has 0 saturated heterocycles. The minimum Gasteiger partial charge on any atom is -0.454 e. The molecular formula is C19H22FIN4O3. The third-order valence-electron chi connectivity index (χ3n) is 3.73. The van der Waals surface area contributed by atoms with E-state index in [9.17, 15) is 9.18 Å². The number of carbonyl (C=O) groups is 1. The van der Waals surface area contributed by atoms with Crippen molar-refractivity contribution in [3.05, 3.63) is 53.8 Å². The van der Waals surface area contributed by atoms with Gasteiger partial charge in [-0.15, -0.1) is 24.0 Å². The van der Waals surface area contributed by atoms with Gasteiger partial charge in [0.15, 0.2) is 17.5 Å². The largest absolute Gasteiger partial charge is 0.454 e. The summed E-state index contributed by atoms with van der Waals surface area (Å²) < 4.78 is 23.8. The SMILES string of the molecule is CCNC(=NCc1ccc2c(c1)OCO2)NCC(=O)Nc1cccc(F)c1.I. The Morgan fingerprint density at radius 2 is 1.96 bits per heavy atom. The number of rotatable bonds is 6. The average molecular weight is 500 g/mol. The molecule has 150 valence electrons. The number of guanidine groups is 1. The number of ether oxygens (including phenoxy) is 2. The van der Waals surface area contributed by atoms with E-state index in [-0.39, 0.29) is 43.2 Å². The van der Waals surface area contributed by atoms with E-state index >= 15 is 0 Å². The van der Waals surface area contributed by atoms with Crippen molar-refractivity contribution < 1.29 is 18.7 Å². The quantitative estimate of drug-likeness (QED) is 0.323. The maximum Gasteiger partial charge on any atom is 0.243 e. The third-order valence-corrected chi connectivity index (χ3v) is 3.73. The van der Waals surface area contributed by atoms with Crippen LogP contribution in [0.2, 0.25) is 0 Å². The molecule has 0 spiro atoms. The van der Waals surface area contributed by atoms with Crippen LogP contribution in [0.5, 0.6) is 11.5 Å². The molecule has 0 unspecified atom stereocenters. The lowest BCUT2D eigenvalue weighted by atomic mass is 10.2. The molecule has 1 amide bonds. The molecule has 0 fully saturated rings. The van der Waals surface area contributed by atoms with E-state index in [0.717, 1.165) is 11.3 Å². The Balaban J connectivity index is 0.00000280. The molecule has 2 aromatic carbocycles. The van der Waals surface area contributed by atoms with Gasteiger partial charge in [-0.05, 0) is 42.8 Å². The molecule has 3 N–H and O–H groups in total. The Kier molecular flexibility index (Phi) is 8.30. The molecule has 0 atom stereocenters. The monoisotopic (exact) mass is 500 g/mol. The molecule has 9 heteroatoms. The Hall–Kier alpha value is -2.56. The minimum absolute atomic E-state index is 0. The van der Waals surface area contributed by atoms with Gasteiger partial charge in [0.1, 0.15) is 5.82 Å². The number of anilines is 1. The molecule has 28 heavy (non-hydrogen) atoms. The molecule has 0 aromatic heterocycles. The summed E-state index contributed by atoms with van der Waals surface area (Å²) in [6.45, 7) is 3.23. The summed E-state index contributed by atoms with van der Waals surface area (Å²) in [6, 6.07) is 11.4. The van der Waals surface area contributed by atoms with E-state index in [1.165, 1.54) is 18.2 Å². The molecule has 3 rings (SSSR count). The first-order chi connectivity index (χ1) is 13.1. The van der Waals surface area contributed by atoms with Crippen molar-refractivity contribution in [2.75, 3.05) is 25.2 Å². The zero-order valence-electron chi connectivity index (χ0n) is 15.3. The number of benzene rings is 2. The smallest absolute Gasteiger partial charge is 0.243 e. The first kappa shape index (κ1) is 21.7. The highest BCUT2D eigenvalue weighted by atomic mass is 127. The first-order valence-corrected chi connectivity index (χ1v) is 8.60. The lowest BCUT2D eigenvalue weighted by Crippen LogP contribution is -2.41. The fourth-order valence-electron chi connectivity index (χ4n) is 2.49. The van der Waals surface area contributed by atoms with E-state index in [4.69, 9.17) is 9.47 Å². The molecule has 1 aliphatic rings. The summed E-state index contributed by atoms with van der Waals surface area (Å²) >= 11 is 0. The van der Waals surface area contributed by atoms with Gasteiger partial charge in [0.05, 0.1) is 13.1 Å². The summed E-state index contributed by atoms with van der Waals surface area (Å²) in [5.74, 6) is 1.23. The summed E-state index contributed by atoms with van der Waals surface area (Å²) in [5.41, 5.74) is 1.37. The second-order valence-corrected chi connectivity index (χ2v) is 5.79. The zero-order chi connectivity index (χ0) is 19.1. The van der Waals surface area contributed by atoms with Crippen molar-refractivity contribution in [3.63, 3.8) is 0 Å². The van der Waals surface area contributed by atoms with Crippen molar-refractivity contribution in [2.24, 2.45) is 4.99 Å². The standard InChI is InChI=1S/C19H21FN4O3.HI/c1-2-21-19(22-10-13-6-7-16-17(8-13)27-12-26-16)23-11-18(25)24-15-5-3-4-14(20)9-15;/h3-9H,2,10-12H2,1H3,(H,24,25)(H2,21,22,23);1H. The number of nitrogens with one attached hydrogen (secondary N) is 3. The zero-order valence-corrected chi connectivity index (χ0v) is 17.7. The molecule has 0 saturated carbocycles. The van der Waals surface area contributed by atoms with Gasteiger partial charge in [0.25, 0.3) is 0 Å². The number of amides is 1. The average Bonchev–Trinajstić information content (AvgIpc) is 3.12. The van der Waals surface area contributed by atoms with E-state index in [2.05, 4.69) is 20.9 Å². The topological polar surface area (TPSA) is 84.0 Å². The molecule has 1 heterocycles. The number of aliphatic imine (C=N–C) groups is 1. The number of hydrogen-bond donors (Lipinski definition) is 3. The van der Waals surface area contributed by atoms with Crippen LogP contribution in [0.4, 0.5) is 10.1 Å². The van der Waals surface area contributed by atoms with Gasteiger partial charge >= 0.3 is 0 Å². The molecule has 1 aliphatic heterocycles. The van der Waals surface area contributed by atoms with Crippen molar-refractivity contribution in [1.29, 1.82) is 0 Å². The second kappa shape index (κ2) is 10.7. The lowest BCUT2D eigenvalue weighted by molar-refractivity contribution is -0.115. The Morgan fingerprint density at radius 3 is 2.75 bits per heavy atom. The van der Waals surface area contributed by atoms with Gasteiger partial charge in [0.2, 0.25) is 12.7 Å². The van der Waals surface area contributed by atoms with E-state index in [0.29, 0.717) is 30.5 Å². The Labute approximate surface area is 179 Å². The first-order valence-electron chi connectivity index (χ1n) is 8.60. The maximum atomic E-state index is 13.2. The van der Waals surface area contributed by atoms with Crippen LogP contribution in [-0.2, 0) is 11.3 Å². The van der Waals surface area contributed by atoms with Crippen LogP contribution in [0.1, 0.15) is 12.5 Å². The van der Waals surface area contributed by atoms with Crippen molar-refractivity contribution >= 4 is 41.5 Å². The van der Waals surface area contributed by atoms with Gasteiger partial charge in [-0.25, -0.2) is 9.38 Å². The van der Waals surface area contributed by atoms with Crippen LogP contribution < -0.4 is 25.4 Å². The van der Waals surface area contributed by atoms with Crippen molar-refractivity contribution in [1.82, 2.24) is 10.6 Å². The molecule has 0 aliphatic carbocycles. The number of hydrogen-bond acceptors (Lipinski definition) is 4. The normalized spacial score (nSPS) is 12.1. The van der Waals surface area contributed by atoms with Crippen LogP contribution in [0.25, 0.3) is 0 Å². The summed E-state index contributed by atoms with van der Waals surface area (Å²) in [4.78, 5) is 16.5. The van der Waals surface area contributed by atoms with Crippen LogP contribution in [0.15, 0.2) is 47.5 Å². The number of halogens is 2. The molecule has 0 radical (unpaired) electrons. The number of carbonyl (C=O) groups excluding carboxylic acids is 1. The van der Waals surface area contributed by atoms with Crippen LogP contribution in [0, 0.1) is 5.82 Å². The maximum absolute atomic E-state index is 13.2. The minimum atomic E-state index is -0.403. The fraction of sp³-hybridized carbons (Fsp3) is 0.263. The highest BCUT2D eigenvalue weighted by Gasteiger charge is 2.13. The predicted octanol–water partition coefficient (Wildman–Crippen LogP) is 2.87. The fourth-order valence-corrected chi connectivity index (χ4v) is 2.49. The van der Waals surface area contributed by atoms with Crippen LogP contribution in [0.3, 0.4) is 0 Å². The van der Waals surface area contributed by atoms with E-state index < -0.39 is 5.82 Å². The summed E-state index contributed by atoms with van der Waals surface area (Å²) in [7, 11) is 0. The van der Waals surface area contributed by atoms with Crippen LogP contribution >= 0.6 is 24.0 Å². The molecule has 2 aromatic rings. The van der Waals surface area contributed by atoms with Crippen molar-refractivity contribution in [2.45, 2.75) is 13.5 Å². The lowest BCUT2D eigenvalue weighted by Gasteiger charge is -2.11. The third kappa shape index (κ3) is 6.25. The second-order valence-electron chi connectivity index (χ2n) is 5.79. The van der Waals surface area contributed by atoms with Gasteiger partial charge in [-0.1, -0.05) is 12.1 Å². The van der Waals surface area contributed by atoms with Gasteiger partial charge < -0.3 is 25.4 Å². The summed E-state index contributed by atoms with van der Waals surface area (Å²) in [6.07, 6.45) is 0. The Morgan fingerprint density at radius 1 is 1.14 bits per heavy atom.